The molecule has 3 rings (SSSR count). The second-order valence-electron chi connectivity index (χ2n) is 4.49. The summed E-state index contributed by atoms with van der Waals surface area (Å²) in [4.78, 5) is 4.12. The zero-order valence-corrected chi connectivity index (χ0v) is 11.3. The quantitative estimate of drug-likeness (QED) is 0.729. The molecule has 108 valence electrons. The van der Waals surface area contributed by atoms with Gasteiger partial charge in [-0.1, -0.05) is 17.7 Å². The zero-order chi connectivity index (χ0) is 15.2. The third kappa shape index (κ3) is 2.42. The molecule has 0 amide bonds. The maximum Gasteiger partial charge on any atom is 0.416 e. The molecule has 0 saturated heterocycles. The molecule has 2 N–H and O–H groups in total. The van der Waals surface area contributed by atoms with Gasteiger partial charge in [0, 0.05) is 10.7 Å². The van der Waals surface area contributed by atoms with Crippen LogP contribution in [0.4, 0.5) is 19.1 Å². The van der Waals surface area contributed by atoms with Gasteiger partial charge in [-0.15, -0.1) is 0 Å². The lowest BCUT2D eigenvalue weighted by Crippen LogP contribution is -2.07. The second kappa shape index (κ2) is 4.66. The molecule has 0 saturated carbocycles. The van der Waals surface area contributed by atoms with Crippen LogP contribution in [-0.2, 0) is 6.18 Å². The Bertz CT molecular complexity index is 824. The summed E-state index contributed by atoms with van der Waals surface area (Å²) in [7, 11) is 0. The SMILES string of the molecule is Nc1nc2ccc(Cl)cc2n1-c1cccc(C(F)(F)F)c1. The van der Waals surface area contributed by atoms with Crippen LogP contribution in [0.3, 0.4) is 0 Å². The van der Waals surface area contributed by atoms with E-state index in [-0.39, 0.29) is 11.6 Å². The van der Waals surface area contributed by atoms with E-state index in [1.807, 2.05) is 0 Å². The largest absolute Gasteiger partial charge is 0.416 e. The number of rotatable bonds is 1. The second-order valence-corrected chi connectivity index (χ2v) is 4.92. The molecule has 2 aromatic carbocycles. The van der Waals surface area contributed by atoms with Gasteiger partial charge in [0.15, 0.2) is 0 Å². The Morgan fingerprint density at radius 1 is 1.10 bits per heavy atom. The third-order valence-electron chi connectivity index (χ3n) is 3.07. The first kappa shape index (κ1) is 13.8. The molecule has 1 aromatic heterocycles. The fourth-order valence-electron chi connectivity index (χ4n) is 2.16. The van der Waals surface area contributed by atoms with Crippen LogP contribution in [0.1, 0.15) is 5.56 Å². The first-order valence-corrected chi connectivity index (χ1v) is 6.35. The molecule has 3 nitrogen and oxygen atoms in total. The van der Waals surface area contributed by atoms with Crippen molar-refractivity contribution in [1.29, 1.82) is 0 Å². The lowest BCUT2D eigenvalue weighted by atomic mass is 10.2. The fraction of sp³-hybridized carbons (Fsp3) is 0.0714. The summed E-state index contributed by atoms with van der Waals surface area (Å²) in [5.74, 6) is 0.103. The van der Waals surface area contributed by atoms with Crippen molar-refractivity contribution in [2.24, 2.45) is 0 Å². The summed E-state index contributed by atoms with van der Waals surface area (Å²) in [6.07, 6.45) is -4.42. The summed E-state index contributed by atoms with van der Waals surface area (Å²) < 4.78 is 39.9. The van der Waals surface area contributed by atoms with E-state index in [2.05, 4.69) is 4.98 Å². The van der Waals surface area contributed by atoms with Crippen LogP contribution >= 0.6 is 11.6 Å². The Morgan fingerprint density at radius 2 is 1.86 bits per heavy atom. The Labute approximate surface area is 122 Å². The summed E-state index contributed by atoms with van der Waals surface area (Å²) in [5, 5.41) is 0.454. The van der Waals surface area contributed by atoms with E-state index < -0.39 is 11.7 Å². The molecule has 0 radical (unpaired) electrons. The van der Waals surface area contributed by atoms with Gasteiger partial charge >= 0.3 is 6.18 Å². The van der Waals surface area contributed by atoms with E-state index in [0.717, 1.165) is 12.1 Å². The molecule has 0 fully saturated rings. The van der Waals surface area contributed by atoms with E-state index in [0.29, 0.717) is 16.1 Å². The number of anilines is 1. The topological polar surface area (TPSA) is 43.8 Å². The highest BCUT2D eigenvalue weighted by Gasteiger charge is 2.30. The number of benzene rings is 2. The van der Waals surface area contributed by atoms with Crippen LogP contribution in [-0.4, -0.2) is 9.55 Å². The number of hydrogen-bond acceptors (Lipinski definition) is 2. The van der Waals surface area contributed by atoms with Crippen molar-refractivity contribution in [3.05, 3.63) is 53.1 Å². The number of hydrogen-bond donors (Lipinski definition) is 1. The minimum atomic E-state index is -4.42. The van der Waals surface area contributed by atoms with Crippen LogP contribution in [0.15, 0.2) is 42.5 Å². The summed E-state index contributed by atoms with van der Waals surface area (Å²) >= 11 is 5.93. The summed E-state index contributed by atoms with van der Waals surface area (Å²) in [5.41, 5.74) is 6.48. The zero-order valence-electron chi connectivity index (χ0n) is 10.5. The predicted molar refractivity (Wildman–Crippen MR) is 75.5 cm³/mol. The van der Waals surface area contributed by atoms with Gasteiger partial charge in [-0.25, -0.2) is 4.98 Å². The fourth-order valence-corrected chi connectivity index (χ4v) is 2.33. The number of imidazole rings is 1. The lowest BCUT2D eigenvalue weighted by Gasteiger charge is -2.11. The Morgan fingerprint density at radius 3 is 2.57 bits per heavy atom. The Balaban J connectivity index is 2.25. The first-order valence-electron chi connectivity index (χ1n) is 5.97. The van der Waals surface area contributed by atoms with Gasteiger partial charge < -0.3 is 5.73 Å². The first-order chi connectivity index (χ1) is 9.86. The highest BCUT2D eigenvalue weighted by molar-refractivity contribution is 6.31. The third-order valence-corrected chi connectivity index (χ3v) is 3.31. The van der Waals surface area contributed by atoms with E-state index in [4.69, 9.17) is 17.3 Å². The molecule has 0 aliphatic heterocycles. The van der Waals surface area contributed by atoms with Gasteiger partial charge in [0.25, 0.3) is 0 Å². The van der Waals surface area contributed by atoms with Crippen molar-refractivity contribution in [3.8, 4) is 5.69 Å². The van der Waals surface area contributed by atoms with E-state index in [1.54, 1.807) is 18.2 Å². The molecule has 0 spiro atoms. The average molecular weight is 312 g/mol. The highest BCUT2D eigenvalue weighted by atomic mass is 35.5. The monoisotopic (exact) mass is 311 g/mol. The van der Waals surface area contributed by atoms with Crippen molar-refractivity contribution in [2.45, 2.75) is 6.18 Å². The van der Waals surface area contributed by atoms with Gasteiger partial charge in [-0.3, -0.25) is 4.57 Å². The van der Waals surface area contributed by atoms with Crippen molar-refractivity contribution >= 4 is 28.6 Å². The average Bonchev–Trinajstić information content (AvgIpc) is 2.73. The van der Waals surface area contributed by atoms with Crippen LogP contribution in [0.2, 0.25) is 5.02 Å². The number of halogens is 4. The predicted octanol–water partition coefficient (Wildman–Crippen LogP) is 4.28. The molecule has 3 aromatic rings. The molecule has 21 heavy (non-hydrogen) atoms. The number of nitrogens with two attached hydrogens (primary N) is 1. The normalized spacial score (nSPS) is 12.0. The van der Waals surface area contributed by atoms with Gasteiger partial charge in [0.2, 0.25) is 5.95 Å². The van der Waals surface area contributed by atoms with Crippen molar-refractivity contribution in [3.63, 3.8) is 0 Å². The summed E-state index contributed by atoms with van der Waals surface area (Å²) in [6, 6.07) is 9.82. The Kier molecular flexibility index (Phi) is 3.06. The van der Waals surface area contributed by atoms with Crippen LogP contribution in [0.5, 0.6) is 0 Å². The number of nitrogens with zero attached hydrogens (tertiary/aromatic N) is 2. The molecule has 0 atom stereocenters. The number of alkyl halides is 3. The minimum absolute atomic E-state index is 0.103. The van der Waals surface area contributed by atoms with Gasteiger partial charge in [-0.05, 0) is 36.4 Å². The van der Waals surface area contributed by atoms with Gasteiger partial charge in [0.05, 0.1) is 16.6 Å². The van der Waals surface area contributed by atoms with Crippen LogP contribution in [0.25, 0.3) is 16.7 Å². The maximum atomic E-state index is 12.8. The molecule has 0 unspecified atom stereocenters. The van der Waals surface area contributed by atoms with Crippen molar-refractivity contribution in [1.82, 2.24) is 9.55 Å². The van der Waals surface area contributed by atoms with Crippen LogP contribution < -0.4 is 5.73 Å². The highest BCUT2D eigenvalue weighted by Crippen LogP contribution is 2.32. The number of aromatic nitrogens is 2. The van der Waals surface area contributed by atoms with E-state index >= 15 is 0 Å². The molecule has 0 aliphatic carbocycles. The molecular weight excluding hydrogens is 303 g/mol. The van der Waals surface area contributed by atoms with E-state index in [9.17, 15) is 13.2 Å². The maximum absolute atomic E-state index is 12.8. The smallest absolute Gasteiger partial charge is 0.369 e. The van der Waals surface area contributed by atoms with E-state index in [1.165, 1.54) is 16.7 Å². The number of nitrogen functional groups attached to an aromatic ring is 1. The van der Waals surface area contributed by atoms with Crippen LogP contribution in [0, 0.1) is 0 Å². The molecule has 1 heterocycles. The van der Waals surface area contributed by atoms with Gasteiger partial charge in [0.1, 0.15) is 0 Å². The van der Waals surface area contributed by atoms with Crippen molar-refractivity contribution < 1.29 is 13.2 Å². The van der Waals surface area contributed by atoms with Gasteiger partial charge in [-0.2, -0.15) is 13.2 Å². The molecular formula is C14H9ClF3N3. The number of fused-ring (bicyclic) bond motifs is 1. The van der Waals surface area contributed by atoms with Crippen molar-refractivity contribution in [2.75, 3.05) is 5.73 Å². The Hall–Kier alpha value is -2.21. The molecule has 7 heteroatoms. The molecule has 0 bridgehead atoms. The minimum Gasteiger partial charge on any atom is -0.369 e. The molecule has 0 aliphatic rings. The lowest BCUT2D eigenvalue weighted by molar-refractivity contribution is -0.137. The standard InChI is InChI=1S/C14H9ClF3N3/c15-9-4-5-11-12(7-9)21(13(19)20-11)10-3-1-2-8(6-10)14(16,17)18/h1-7H,(H2,19,20). The summed E-state index contributed by atoms with van der Waals surface area (Å²) in [6.45, 7) is 0.